The van der Waals surface area contributed by atoms with Gasteiger partial charge in [0.2, 0.25) is 0 Å². The smallest absolute Gasteiger partial charge is 0.269 e. The van der Waals surface area contributed by atoms with Crippen LogP contribution in [0.15, 0.2) is 47.6 Å². The molecule has 22 heavy (non-hydrogen) atoms. The summed E-state index contributed by atoms with van der Waals surface area (Å²) in [4.78, 5) is 10.2. The van der Waals surface area contributed by atoms with Gasteiger partial charge in [-0.2, -0.15) is 5.10 Å². The zero-order valence-corrected chi connectivity index (χ0v) is 12.1. The molecule has 0 saturated heterocycles. The van der Waals surface area contributed by atoms with Crippen molar-refractivity contribution in [1.82, 2.24) is 5.43 Å². The van der Waals surface area contributed by atoms with Gasteiger partial charge in [0.05, 0.1) is 11.1 Å². The molecule has 2 aromatic rings. The van der Waals surface area contributed by atoms with Crippen LogP contribution in [0.1, 0.15) is 5.56 Å². The summed E-state index contributed by atoms with van der Waals surface area (Å²) in [7, 11) is 0. The van der Waals surface area contributed by atoms with Crippen molar-refractivity contribution >= 4 is 29.2 Å². The molecule has 2 aromatic carbocycles. The first kappa shape index (κ1) is 15.4. The third-order valence-corrected chi connectivity index (χ3v) is 2.91. The van der Waals surface area contributed by atoms with Gasteiger partial charge in [0.25, 0.3) is 5.69 Å². The summed E-state index contributed by atoms with van der Waals surface area (Å²) in [5.41, 5.74) is 9.67. The maximum Gasteiger partial charge on any atom is 0.269 e. The lowest BCUT2D eigenvalue weighted by molar-refractivity contribution is -0.384. The molecule has 0 spiro atoms. The number of hydrogen-bond donors (Lipinski definition) is 3. The Morgan fingerprint density at radius 2 is 1.91 bits per heavy atom. The summed E-state index contributed by atoms with van der Waals surface area (Å²) in [5.74, 6) is 0.0409. The Hall–Kier alpha value is -3.00. The molecule has 8 heteroatoms. The highest BCUT2D eigenvalue weighted by atomic mass is 32.1. The summed E-state index contributed by atoms with van der Waals surface area (Å²) in [5, 5.41) is 24.2. The monoisotopic (exact) mass is 316 g/mol. The minimum atomic E-state index is -0.458. The van der Waals surface area contributed by atoms with E-state index < -0.39 is 4.92 Å². The fourth-order valence-corrected chi connectivity index (χ4v) is 1.83. The molecular weight excluding hydrogens is 304 g/mol. The number of nitrogens with one attached hydrogen (secondary N) is 1. The summed E-state index contributed by atoms with van der Waals surface area (Å²) in [6.45, 7) is 0. The van der Waals surface area contributed by atoms with Crippen molar-refractivity contribution in [3.8, 4) is 16.9 Å². The number of nitro benzene ring substituents is 1. The van der Waals surface area contributed by atoms with Gasteiger partial charge < -0.3 is 10.8 Å². The maximum atomic E-state index is 10.6. The summed E-state index contributed by atoms with van der Waals surface area (Å²) >= 11 is 4.61. The molecule has 0 aliphatic rings. The van der Waals surface area contributed by atoms with Crippen LogP contribution in [-0.4, -0.2) is 21.4 Å². The van der Waals surface area contributed by atoms with E-state index in [4.69, 9.17) is 5.73 Å². The van der Waals surface area contributed by atoms with Gasteiger partial charge in [0, 0.05) is 17.7 Å². The van der Waals surface area contributed by atoms with Crippen molar-refractivity contribution in [3.63, 3.8) is 0 Å². The molecule has 112 valence electrons. The van der Waals surface area contributed by atoms with Gasteiger partial charge in [0.1, 0.15) is 5.75 Å². The van der Waals surface area contributed by atoms with E-state index >= 15 is 0 Å². The molecule has 2 rings (SSSR count). The second-order valence-electron chi connectivity index (χ2n) is 4.31. The predicted molar refractivity (Wildman–Crippen MR) is 87.7 cm³/mol. The zero-order valence-electron chi connectivity index (χ0n) is 11.3. The summed E-state index contributed by atoms with van der Waals surface area (Å²) in [6, 6.07) is 11.0. The van der Waals surface area contributed by atoms with Crippen LogP contribution < -0.4 is 11.2 Å². The van der Waals surface area contributed by atoms with Crippen LogP contribution in [0.5, 0.6) is 5.75 Å². The Bertz CT molecular complexity index is 744. The summed E-state index contributed by atoms with van der Waals surface area (Å²) in [6.07, 6.45) is 1.38. The molecule has 0 radical (unpaired) electrons. The van der Waals surface area contributed by atoms with E-state index in [2.05, 4.69) is 22.7 Å². The van der Waals surface area contributed by atoms with Crippen LogP contribution >= 0.6 is 12.2 Å². The largest absolute Gasteiger partial charge is 0.507 e. The van der Waals surface area contributed by atoms with Crippen LogP contribution in [0.2, 0.25) is 0 Å². The normalized spacial score (nSPS) is 10.5. The Morgan fingerprint density at radius 1 is 1.27 bits per heavy atom. The minimum Gasteiger partial charge on any atom is -0.507 e. The van der Waals surface area contributed by atoms with Crippen molar-refractivity contribution in [2.45, 2.75) is 0 Å². The molecule has 0 fully saturated rings. The quantitative estimate of drug-likeness (QED) is 0.344. The van der Waals surface area contributed by atoms with Gasteiger partial charge in [-0.15, -0.1) is 0 Å². The van der Waals surface area contributed by atoms with Crippen LogP contribution in [0, 0.1) is 10.1 Å². The molecule has 0 atom stereocenters. The first-order valence-corrected chi connectivity index (χ1v) is 6.54. The Labute approximate surface area is 131 Å². The van der Waals surface area contributed by atoms with E-state index in [1.54, 1.807) is 24.3 Å². The summed E-state index contributed by atoms with van der Waals surface area (Å²) < 4.78 is 0. The number of nitrogens with zero attached hydrogens (tertiary/aromatic N) is 2. The third-order valence-electron chi connectivity index (χ3n) is 2.82. The Balaban J connectivity index is 2.30. The number of thiocarbonyl (C=S) groups is 1. The van der Waals surface area contributed by atoms with E-state index in [9.17, 15) is 15.2 Å². The highest BCUT2D eigenvalue weighted by Gasteiger charge is 2.07. The maximum absolute atomic E-state index is 10.6. The SMILES string of the molecule is NC(=S)NN=Cc1cc(-c2ccc([N+](=O)[O-])cc2)ccc1O. The molecule has 0 aromatic heterocycles. The van der Waals surface area contributed by atoms with Crippen molar-refractivity contribution < 1.29 is 10.0 Å². The lowest BCUT2D eigenvalue weighted by atomic mass is 10.0. The van der Waals surface area contributed by atoms with Gasteiger partial charge >= 0.3 is 0 Å². The average molecular weight is 316 g/mol. The number of hydrazone groups is 1. The number of aromatic hydroxyl groups is 1. The highest BCUT2D eigenvalue weighted by Crippen LogP contribution is 2.26. The van der Waals surface area contributed by atoms with Crippen LogP contribution in [0.3, 0.4) is 0 Å². The number of phenolic OH excluding ortho intramolecular Hbond substituents is 1. The van der Waals surface area contributed by atoms with Crippen molar-refractivity contribution in [1.29, 1.82) is 0 Å². The minimum absolute atomic E-state index is 0.0160. The van der Waals surface area contributed by atoms with E-state index in [1.165, 1.54) is 24.4 Å². The fourth-order valence-electron chi connectivity index (χ4n) is 1.78. The van der Waals surface area contributed by atoms with E-state index in [1.807, 2.05) is 0 Å². The first-order valence-electron chi connectivity index (χ1n) is 6.14. The van der Waals surface area contributed by atoms with E-state index in [0.717, 1.165) is 11.1 Å². The second kappa shape index (κ2) is 6.64. The standard InChI is InChI=1S/C14H12N4O3S/c15-14(22)17-16-8-11-7-10(3-6-13(11)19)9-1-4-12(5-2-9)18(20)21/h1-8,19H,(H3,15,17,22). The molecule has 4 N–H and O–H groups in total. The van der Waals surface area contributed by atoms with Crippen molar-refractivity contribution in [3.05, 3.63) is 58.1 Å². The van der Waals surface area contributed by atoms with Crippen LogP contribution in [-0.2, 0) is 0 Å². The molecule has 7 nitrogen and oxygen atoms in total. The Morgan fingerprint density at radius 3 is 2.50 bits per heavy atom. The van der Waals surface area contributed by atoms with Crippen LogP contribution in [0.25, 0.3) is 11.1 Å². The topological polar surface area (TPSA) is 114 Å². The van der Waals surface area contributed by atoms with Gasteiger partial charge in [-0.05, 0) is 47.6 Å². The molecule has 0 bridgehead atoms. The third kappa shape index (κ3) is 3.76. The van der Waals surface area contributed by atoms with E-state index in [0.29, 0.717) is 5.56 Å². The number of non-ortho nitro benzene ring substituents is 1. The van der Waals surface area contributed by atoms with Gasteiger partial charge in [-0.25, -0.2) is 0 Å². The molecule has 0 aliphatic carbocycles. The van der Waals surface area contributed by atoms with Gasteiger partial charge in [0.15, 0.2) is 5.11 Å². The lowest BCUT2D eigenvalue weighted by Crippen LogP contribution is -2.23. The van der Waals surface area contributed by atoms with Crippen molar-refractivity contribution in [2.75, 3.05) is 0 Å². The van der Waals surface area contributed by atoms with E-state index in [-0.39, 0.29) is 16.5 Å². The van der Waals surface area contributed by atoms with Crippen LogP contribution in [0.4, 0.5) is 5.69 Å². The molecular formula is C14H12N4O3S. The van der Waals surface area contributed by atoms with Crippen molar-refractivity contribution in [2.24, 2.45) is 10.8 Å². The first-order chi connectivity index (χ1) is 10.5. The zero-order chi connectivity index (χ0) is 16.1. The fraction of sp³-hybridized carbons (Fsp3) is 0. The number of hydrogen-bond acceptors (Lipinski definition) is 5. The number of phenols is 1. The predicted octanol–water partition coefficient (Wildman–Crippen LogP) is 2.13. The number of nitrogens with two attached hydrogens (primary N) is 1. The molecule has 0 amide bonds. The molecule has 0 saturated carbocycles. The average Bonchev–Trinajstić information content (AvgIpc) is 2.49. The lowest BCUT2D eigenvalue weighted by Gasteiger charge is -2.05. The van der Waals surface area contributed by atoms with Gasteiger partial charge in [-0.1, -0.05) is 6.07 Å². The second-order valence-corrected chi connectivity index (χ2v) is 4.75. The number of benzene rings is 2. The molecule has 0 aliphatic heterocycles. The van der Waals surface area contributed by atoms with Gasteiger partial charge in [-0.3, -0.25) is 15.5 Å². The highest BCUT2D eigenvalue weighted by molar-refractivity contribution is 7.80. The number of nitro groups is 1. The number of rotatable bonds is 4. The Kier molecular flexibility index (Phi) is 4.64. The molecule has 0 heterocycles. The molecule has 0 unspecified atom stereocenters.